The predicted molar refractivity (Wildman–Crippen MR) is 74.0 cm³/mol. The number of fused-ring (bicyclic) bond motifs is 2. The van der Waals surface area contributed by atoms with Gasteiger partial charge in [0.05, 0.1) is 0 Å². The number of rotatable bonds is 7. The Morgan fingerprint density at radius 1 is 1.33 bits per heavy atom. The van der Waals surface area contributed by atoms with E-state index in [0.29, 0.717) is 12.3 Å². The molecule has 18 heavy (non-hydrogen) atoms. The largest absolute Gasteiger partial charge is 0.356 e. The second-order valence-corrected chi connectivity index (χ2v) is 6.46. The number of nitrogens with one attached hydrogen (secondary N) is 1. The standard InChI is InChI=1S/C15H28N2O/c1-11(6-7-16)2-5-15(18)17-10-14-9-12-3-4-13(14)8-12/h11-14H,2-10,16H2,1H3,(H,17,18). The van der Waals surface area contributed by atoms with Crippen LogP contribution in [-0.2, 0) is 4.79 Å². The number of hydrogen-bond donors (Lipinski definition) is 2. The van der Waals surface area contributed by atoms with Crippen molar-refractivity contribution in [3.8, 4) is 0 Å². The van der Waals surface area contributed by atoms with Crippen LogP contribution in [0.3, 0.4) is 0 Å². The van der Waals surface area contributed by atoms with Crippen LogP contribution in [-0.4, -0.2) is 19.0 Å². The minimum Gasteiger partial charge on any atom is -0.356 e. The number of carbonyl (C=O) groups is 1. The van der Waals surface area contributed by atoms with Crippen molar-refractivity contribution < 1.29 is 4.79 Å². The van der Waals surface area contributed by atoms with E-state index in [2.05, 4.69) is 12.2 Å². The van der Waals surface area contributed by atoms with Gasteiger partial charge in [-0.15, -0.1) is 0 Å². The van der Waals surface area contributed by atoms with Gasteiger partial charge >= 0.3 is 0 Å². The van der Waals surface area contributed by atoms with Crippen LogP contribution in [0.15, 0.2) is 0 Å². The molecule has 0 aromatic rings. The van der Waals surface area contributed by atoms with E-state index in [0.717, 1.165) is 43.7 Å². The minimum atomic E-state index is 0.238. The molecule has 3 heteroatoms. The van der Waals surface area contributed by atoms with Gasteiger partial charge in [-0.05, 0) is 62.3 Å². The van der Waals surface area contributed by atoms with Crippen LogP contribution in [0.25, 0.3) is 0 Å². The first-order valence-electron chi connectivity index (χ1n) is 7.65. The average Bonchev–Trinajstić information content (AvgIpc) is 2.96. The number of amides is 1. The van der Waals surface area contributed by atoms with Crippen molar-refractivity contribution in [3.63, 3.8) is 0 Å². The average molecular weight is 252 g/mol. The molecule has 2 bridgehead atoms. The molecule has 2 saturated carbocycles. The summed E-state index contributed by atoms with van der Waals surface area (Å²) >= 11 is 0. The van der Waals surface area contributed by atoms with E-state index in [1.165, 1.54) is 25.7 Å². The topological polar surface area (TPSA) is 55.1 Å². The van der Waals surface area contributed by atoms with E-state index in [1.54, 1.807) is 0 Å². The van der Waals surface area contributed by atoms with Gasteiger partial charge in [0.25, 0.3) is 0 Å². The predicted octanol–water partition coefficient (Wildman–Crippen LogP) is 2.30. The minimum absolute atomic E-state index is 0.238. The lowest BCUT2D eigenvalue weighted by Crippen LogP contribution is -2.31. The molecule has 0 aliphatic heterocycles. The Morgan fingerprint density at radius 3 is 2.78 bits per heavy atom. The Morgan fingerprint density at radius 2 is 2.17 bits per heavy atom. The van der Waals surface area contributed by atoms with Gasteiger partial charge in [0.1, 0.15) is 0 Å². The van der Waals surface area contributed by atoms with Gasteiger partial charge < -0.3 is 11.1 Å². The Kier molecular flexibility index (Phi) is 5.04. The van der Waals surface area contributed by atoms with Crippen LogP contribution in [0.4, 0.5) is 0 Å². The van der Waals surface area contributed by atoms with Crippen molar-refractivity contribution >= 4 is 5.91 Å². The van der Waals surface area contributed by atoms with Crippen molar-refractivity contribution in [1.82, 2.24) is 5.32 Å². The van der Waals surface area contributed by atoms with Crippen LogP contribution >= 0.6 is 0 Å². The summed E-state index contributed by atoms with van der Waals surface area (Å²) in [6.07, 6.45) is 8.29. The molecular formula is C15H28N2O. The lowest BCUT2D eigenvalue weighted by molar-refractivity contribution is -0.121. The molecular weight excluding hydrogens is 224 g/mol. The molecule has 1 amide bonds. The van der Waals surface area contributed by atoms with Gasteiger partial charge in [-0.25, -0.2) is 0 Å². The van der Waals surface area contributed by atoms with Gasteiger partial charge in [0.15, 0.2) is 0 Å². The fourth-order valence-corrected chi connectivity index (χ4v) is 3.77. The molecule has 2 aliphatic rings. The van der Waals surface area contributed by atoms with Crippen molar-refractivity contribution in [1.29, 1.82) is 0 Å². The molecule has 0 aromatic carbocycles. The third kappa shape index (κ3) is 3.71. The number of nitrogens with two attached hydrogens (primary N) is 1. The molecule has 3 nitrogen and oxygen atoms in total. The summed E-state index contributed by atoms with van der Waals surface area (Å²) in [5.74, 6) is 3.46. The van der Waals surface area contributed by atoms with Crippen LogP contribution in [0.5, 0.6) is 0 Å². The summed E-state index contributed by atoms with van der Waals surface area (Å²) in [5.41, 5.74) is 5.51. The summed E-state index contributed by atoms with van der Waals surface area (Å²) in [5, 5.41) is 3.14. The highest BCUT2D eigenvalue weighted by Gasteiger charge is 2.39. The highest BCUT2D eigenvalue weighted by Crippen LogP contribution is 2.47. The third-order valence-corrected chi connectivity index (χ3v) is 4.97. The van der Waals surface area contributed by atoms with E-state index < -0.39 is 0 Å². The number of carbonyl (C=O) groups excluding carboxylic acids is 1. The molecule has 104 valence electrons. The summed E-state index contributed by atoms with van der Waals surface area (Å²) in [6.45, 7) is 3.83. The maximum absolute atomic E-state index is 11.8. The SMILES string of the molecule is CC(CCN)CCC(=O)NCC1CC2CCC1C2. The molecule has 4 atom stereocenters. The molecule has 2 aliphatic carbocycles. The Bertz CT molecular complexity index is 280. The van der Waals surface area contributed by atoms with Crippen molar-refractivity contribution in [2.24, 2.45) is 29.4 Å². The lowest BCUT2D eigenvalue weighted by Gasteiger charge is -2.22. The van der Waals surface area contributed by atoms with Crippen molar-refractivity contribution in [2.75, 3.05) is 13.1 Å². The maximum Gasteiger partial charge on any atom is 0.220 e. The summed E-state index contributed by atoms with van der Waals surface area (Å²) in [4.78, 5) is 11.8. The first kappa shape index (κ1) is 13.9. The van der Waals surface area contributed by atoms with Gasteiger partial charge in [-0.3, -0.25) is 4.79 Å². The molecule has 0 saturated heterocycles. The second-order valence-electron chi connectivity index (χ2n) is 6.46. The summed E-state index contributed by atoms with van der Waals surface area (Å²) < 4.78 is 0. The third-order valence-electron chi connectivity index (χ3n) is 4.97. The number of hydrogen-bond acceptors (Lipinski definition) is 2. The molecule has 0 radical (unpaired) electrons. The van der Waals surface area contributed by atoms with Crippen molar-refractivity contribution in [3.05, 3.63) is 0 Å². The van der Waals surface area contributed by atoms with E-state index in [4.69, 9.17) is 5.73 Å². The molecule has 0 heterocycles. The smallest absolute Gasteiger partial charge is 0.220 e. The Balaban J connectivity index is 1.57. The van der Waals surface area contributed by atoms with Crippen LogP contribution in [0.2, 0.25) is 0 Å². The second kappa shape index (κ2) is 6.55. The molecule has 0 aromatic heterocycles. The van der Waals surface area contributed by atoms with Gasteiger partial charge in [-0.1, -0.05) is 13.3 Å². The molecule has 4 unspecified atom stereocenters. The zero-order valence-electron chi connectivity index (χ0n) is 11.7. The molecule has 0 spiro atoms. The lowest BCUT2D eigenvalue weighted by atomic mass is 9.89. The molecule has 3 N–H and O–H groups in total. The Labute approximate surface area is 111 Å². The van der Waals surface area contributed by atoms with Gasteiger partial charge in [0, 0.05) is 13.0 Å². The first-order chi connectivity index (χ1) is 8.69. The highest BCUT2D eigenvalue weighted by molar-refractivity contribution is 5.75. The van der Waals surface area contributed by atoms with Crippen molar-refractivity contribution in [2.45, 2.75) is 51.9 Å². The quantitative estimate of drug-likeness (QED) is 0.730. The maximum atomic E-state index is 11.8. The Hall–Kier alpha value is -0.570. The fraction of sp³-hybridized carbons (Fsp3) is 0.933. The fourth-order valence-electron chi connectivity index (χ4n) is 3.77. The van der Waals surface area contributed by atoms with E-state index >= 15 is 0 Å². The van der Waals surface area contributed by atoms with E-state index in [-0.39, 0.29) is 5.91 Å². The van der Waals surface area contributed by atoms with Crippen LogP contribution in [0.1, 0.15) is 51.9 Å². The monoisotopic (exact) mass is 252 g/mol. The zero-order chi connectivity index (χ0) is 13.0. The first-order valence-corrected chi connectivity index (χ1v) is 7.65. The normalized spacial score (nSPS) is 31.6. The highest BCUT2D eigenvalue weighted by atomic mass is 16.1. The molecule has 2 fully saturated rings. The van der Waals surface area contributed by atoms with Gasteiger partial charge in [0.2, 0.25) is 5.91 Å². The van der Waals surface area contributed by atoms with Crippen LogP contribution in [0, 0.1) is 23.7 Å². The van der Waals surface area contributed by atoms with Gasteiger partial charge in [-0.2, -0.15) is 0 Å². The van der Waals surface area contributed by atoms with Crippen LogP contribution < -0.4 is 11.1 Å². The van der Waals surface area contributed by atoms with E-state index in [1.807, 2.05) is 0 Å². The molecule has 2 rings (SSSR count). The summed E-state index contributed by atoms with van der Waals surface area (Å²) in [7, 11) is 0. The summed E-state index contributed by atoms with van der Waals surface area (Å²) in [6, 6.07) is 0. The van der Waals surface area contributed by atoms with E-state index in [9.17, 15) is 4.79 Å². The zero-order valence-corrected chi connectivity index (χ0v) is 11.7.